The third-order valence-electron chi connectivity index (χ3n) is 8.02. The smallest absolute Gasteiger partial charge is 0.383 e. The van der Waals surface area contributed by atoms with Gasteiger partial charge in [-0.3, -0.25) is 27.2 Å². The molecule has 0 saturated carbocycles. The van der Waals surface area contributed by atoms with Crippen molar-refractivity contribution < 1.29 is 60.8 Å². The molecule has 0 radical (unpaired) electrons. The Morgan fingerprint density at radius 3 is 2.21 bits per heavy atom. The number of nitrogen functional groups attached to an aromatic ring is 2. The summed E-state index contributed by atoms with van der Waals surface area (Å²) in [4.78, 5) is 68.1. The predicted octanol–water partition coefficient (Wildman–Crippen LogP) is 0.0284. The SMILES string of the molecule is NCCCCCCNP(=O)(O)O[C@H]1C[C@H](n2cnc3c(N)ncnc32)O[C@@H]1COP(=O)(O)O[C@H]1C[C@H](n2ccc(N)nc2=O)O[C@@H]1COP(=O)(O)O. The van der Waals surface area contributed by atoms with Crippen LogP contribution < -0.4 is 28.0 Å². The molecule has 11 N–H and O–H groups in total. The molecule has 0 spiro atoms. The van der Waals surface area contributed by atoms with Crippen LogP contribution in [0.1, 0.15) is 51.0 Å². The second kappa shape index (κ2) is 17.1. The van der Waals surface area contributed by atoms with Gasteiger partial charge >= 0.3 is 29.1 Å². The van der Waals surface area contributed by atoms with Crippen LogP contribution in [0.2, 0.25) is 0 Å². The predicted molar refractivity (Wildman–Crippen MR) is 179 cm³/mol. The molecule has 2 fully saturated rings. The summed E-state index contributed by atoms with van der Waals surface area (Å²) in [5.74, 6) is 0.0223. The molecule has 3 aromatic heterocycles. The third-order valence-corrected chi connectivity index (χ3v) is 10.7. The van der Waals surface area contributed by atoms with Crippen LogP contribution in [-0.2, 0) is 41.3 Å². The van der Waals surface area contributed by atoms with Crippen molar-refractivity contribution in [1.82, 2.24) is 34.2 Å². The standard InChI is InChI=1S/C25H41N10O14P3/c26-6-3-1-2-4-7-32-50(37,38)48-15-9-21(35-14-31-22-23(28)29-13-30-24(22)35)47-18(15)12-45-52(42,43)49-16-10-20(34-8-5-19(27)33-25(34)36)46-17(16)11-44-51(39,40)41/h5,8,13-18,20-21H,1-4,6-7,9-12,26H2,(H,42,43)(H2,27,33,36)(H2,28,29,30)(H2,32,37,38)(H2,39,40,41)/t15-,16-,17+,18+,20+,21+/m0/s1. The molecule has 5 rings (SSSR count). The lowest BCUT2D eigenvalue weighted by atomic mass is 10.2. The topological polar surface area (TPSA) is 356 Å². The summed E-state index contributed by atoms with van der Waals surface area (Å²) in [6, 6.07) is 1.30. The van der Waals surface area contributed by atoms with Gasteiger partial charge in [-0.25, -0.2) is 38.5 Å². The number of nitrogens with one attached hydrogen (secondary N) is 1. The third kappa shape index (κ3) is 10.9. The van der Waals surface area contributed by atoms with E-state index in [9.17, 15) is 38.1 Å². The Morgan fingerprint density at radius 1 is 0.885 bits per heavy atom. The minimum absolute atomic E-state index is 0.0625. The van der Waals surface area contributed by atoms with Gasteiger partial charge in [0.05, 0.1) is 19.5 Å². The fourth-order valence-corrected chi connectivity index (χ4v) is 8.00. The highest BCUT2D eigenvalue weighted by molar-refractivity contribution is 7.50. The van der Waals surface area contributed by atoms with Gasteiger partial charge in [0.2, 0.25) is 0 Å². The second-order valence-corrected chi connectivity index (χ2v) is 16.0. The number of nitrogens with zero attached hydrogens (tertiary/aromatic N) is 6. The van der Waals surface area contributed by atoms with Crippen LogP contribution in [0.3, 0.4) is 0 Å². The van der Waals surface area contributed by atoms with E-state index in [1.165, 1.54) is 29.5 Å². The molecule has 52 heavy (non-hydrogen) atoms. The Hall–Kier alpha value is -2.76. The Labute approximate surface area is 295 Å². The average molecular weight is 799 g/mol. The summed E-state index contributed by atoms with van der Waals surface area (Å²) in [7, 11) is -14.5. The molecule has 0 aliphatic carbocycles. The van der Waals surface area contributed by atoms with Crippen molar-refractivity contribution in [1.29, 1.82) is 0 Å². The van der Waals surface area contributed by atoms with E-state index >= 15 is 0 Å². The molecular formula is C25H41N10O14P3. The van der Waals surface area contributed by atoms with Crippen molar-refractivity contribution in [3.8, 4) is 0 Å². The molecule has 3 aromatic rings. The van der Waals surface area contributed by atoms with E-state index in [4.69, 9.17) is 40.2 Å². The van der Waals surface area contributed by atoms with Crippen LogP contribution in [0.4, 0.5) is 11.6 Å². The summed E-state index contributed by atoms with van der Waals surface area (Å²) in [5.41, 5.74) is 16.7. The number of anilines is 2. The number of hydrogen-bond donors (Lipinski definition) is 8. The zero-order chi connectivity index (χ0) is 37.7. The maximum absolute atomic E-state index is 13.3. The first-order valence-electron chi connectivity index (χ1n) is 15.9. The second-order valence-electron chi connectivity index (χ2n) is 11.8. The molecule has 5 heterocycles. The van der Waals surface area contributed by atoms with E-state index in [0.717, 1.165) is 23.8 Å². The average Bonchev–Trinajstić information content (AvgIpc) is 3.77. The van der Waals surface area contributed by atoms with Crippen molar-refractivity contribution in [2.45, 2.75) is 75.4 Å². The van der Waals surface area contributed by atoms with Gasteiger partial charge in [0.1, 0.15) is 54.5 Å². The number of unbranched alkanes of at least 4 members (excludes halogenated alkanes) is 3. The number of phosphoric acid groups is 2. The summed E-state index contributed by atoms with van der Waals surface area (Å²) in [6.45, 7) is -0.805. The van der Waals surface area contributed by atoms with E-state index in [1.54, 1.807) is 0 Å². The molecule has 0 amide bonds. The molecule has 2 saturated heterocycles. The van der Waals surface area contributed by atoms with Crippen LogP contribution in [0.15, 0.2) is 29.7 Å². The van der Waals surface area contributed by atoms with Gasteiger partial charge in [-0.15, -0.1) is 0 Å². The molecule has 8 atom stereocenters. The lowest BCUT2D eigenvalue weighted by Gasteiger charge is -2.24. The van der Waals surface area contributed by atoms with Gasteiger partial charge in [-0.2, -0.15) is 4.98 Å². The number of phosphoric ester groups is 2. The molecule has 2 unspecified atom stereocenters. The molecule has 0 bridgehead atoms. The van der Waals surface area contributed by atoms with Crippen molar-refractivity contribution in [2.75, 3.05) is 37.8 Å². The highest BCUT2D eigenvalue weighted by Crippen LogP contribution is 2.51. The van der Waals surface area contributed by atoms with E-state index in [2.05, 4.69) is 29.5 Å². The zero-order valence-electron chi connectivity index (χ0n) is 27.5. The Balaban J connectivity index is 1.29. The molecule has 24 nitrogen and oxygen atoms in total. The highest BCUT2D eigenvalue weighted by atomic mass is 31.2. The van der Waals surface area contributed by atoms with E-state index in [1.807, 2.05) is 0 Å². The first-order chi connectivity index (χ1) is 24.5. The largest absolute Gasteiger partial charge is 0.472 e. The van der Waals surface area contributed by atoms with Crippen LogP contribution in [0.5, 0.6) is 0 Å². The quantitative estimate of drug-likeness (QED) is 0.0585. The van der Waals surface area contributed by atoms with Gasteiger partial charge in [-0.1, -0.05) is 12.8 Å². The van der Waals surface area contributed by atoms with Gasteiger partial charge in [-0.05, 0) is 25.5 Å². The van der Waals surface area contributed by atoms with Crippen molar-refractivity contribution >= 4 is 46.2 Å². The van der Waals surface area contributed by atoms with E-state index in [-0.39, 0.29) is 42.2 Å². The molecular weight excluding hydrogens is 757 g/mol. The number of aromatic nitrogens is 6. The van der Waals surface area contributed by atoms with Gasteiger partial charge in [0, 0.05) is 25.6 Å². The normalized spacial score (nSPS) is 26.1. The van der Waals surface area contributed by atoms with Crippen LogP contribution in [0, 0.1) is 0 Å². The van der Waals surface area contributed by atoms with Crippen molar-refractivity contribution in [3.63, 3.8) is 0 Å². The number of imidazole rings is 1. The zero-order valence-corrected chi connectivity index (χ0v) is 30.2. The first kappa shape index (κ1) is 40.4. The monoisotopic (exact) mass is 798 g/mol. The van der Waals surface area contributed by atoms with Gasteiger partial charge in [0.15, 0.2) is 11.5 Å². The number of hydrogen-bond acceptors (Lipinski definition) is 17. The molecule has 2 aliphatic rings. The lowest BCUT2D eigenvalue weighted by Crippen LogP contribution is -2.31. The first-order valence-corrected chi connectivity index (χ1v) is 20.6. The van der Waals surface area contributed by atoms with Crippen molar-refractivity contribution in [3.05, 3.63) is 35.4 Å². The van der Waals surface area contributed by atoms with Crippen LogP contribution in [0.25, 0.3) is 11.2 Å². The number of nitrogens with two attached hydrogens (primary N) is 3. The molecule has 27 heteroatoms. The Bertz CT molecular complexity index is 1880. The maximum atomic E-state index is 13.3. The summed E-state index contributed by atoms with van der Waals surface area (Å²) >= 11 is 0. The lowest BCUT2D eigenvalue weighted by molar-refractivity contribution is -0.0547. The van der Waals surface area contributed by atoms with E-state index in [0.29, 0.717) is 13.0 Å². The molecule has 2 aliphatic heterocycles. The number of ether oxygens (including phenoxy) is 2. The molecule has 0 aromatic carbocycles. The van der Waals surface area contributed by atoms with Gasteiger partial charge < -0.3 is 46.2 Å². The number of fused-ring (bicyclic) bond motifs is 1. The van der Waals surface area contributed by atoms with Crippen LogP contribution >= 0.6 is 23.4 Å². The summed E-state index contributed by atoms with van der Waals surface area (Å²) in [6.07, 6.45) is -0.773. The fraction of sp³-hybridized carbons (Fsp3) is 0.640. The van der Waals surface area contributed by atoms with Crippen molar-refractivity contribution in [2.24, 2.45) is 5.73 Å². The van der Waals surface area contributed by atoms with Crippen LogP contribution in [-0.4, -0.2) is 99.4 Å². The minimum atomic E-state index is -5.07. The Kier molecular flexibility index (Phi) is 13.3. The highest BCUT2D eigenvalue weighted by Gasteiger charge is 2.46. The summed E-state index contributed by atoms with van der Waals surface area (Å²) in [5, 5.41) is 2.50. The summed E-state index contributed by atoms with van der Waals surface area (Å²) < 4.78 is 72.7. The fourth-order valence-electron chi connectivity index (χ4n) is 5.59. The number of rotatable bonds is 19. The molecule has 290 valence electrons. The van der Waals surface area contributed by atoms with Gasteiger partial charge in [0.25, 0.3) is 0 Å². The minimum Gasteiger partial charge on any atom is -0.383 e. The Morgan fingerprint density at radius 2 is 1.54 bits per heavy atom. The maximum Gasteiger partial charge on any atom is 0.472 e. The van der Waals surface area contributed by atoms with E-state index < -0.39 is 79.2 Å².